The molecule has 0 N–H and O–H groups in total. The standard InChI is InChI=1S/C14H10ClIO2/c1-18-13-6-5-10(8-12(13)15)14(17)9-3-2-4-11(16)7-9/h2-8H,1H3. The van der Waals surface area contributed by atoms with Crippen LogP contribution in [-0.4, -0.2) is 12.9 Å². The molecule has 0 heterocycles. The summed E-state index contributed by atoms with van der Waals surface area (Å²) in [5.74, 6) is 0.522. The summed E-state index contributed by atoms with van der Waals surface area (Å²) in [6, 6.07) is 12.5. The Labute approximate surface area is 124 Å². The molecule has 0 amide bonds. The van der Waals surface area contributed by atoms with Crippen LogP contribution in [0.2, 0.25) is 5.02 Å². The highest BCUT2D eigenvalue weighted by Gasteiger charge is 2.11. The van der Waals surface area contributed by atoms with Crippen molar-refractivity contribution >= 4 is 40.0 Å². The third-order valence-corrected chi connectivity index (χ3v) is 3.47. The van der Waals surface area contributed by atoms with E-state index < -0.39 is 0 Å². The van der Waals surface area contributed by atoms with Gasteiger partial charge in [-0.25, -0.2) is 0 Å². The molecule has 0 radical (unpaired) electrons. The van der Waals surface area contributed by atoms with Crippen LogP contribution in [0.15, 0.2) is 42.5 Å². The lowest BCUT2D eigenvalue weighted by atomic mass is 10.0. The van der Waals surface area contributed by atoms with Gasteiger partial charge in [-0.3, -0.25) is 4.79 Å². The SMILES string of the molecule is COc1ccc(C(=O)c2cccc(I)c2)cc1Cl. The van der Waals surface area contributed by atoms with E-state index in [0.717, 1.165) is 3.57 Å². The second-order valence-electron chi connectivity index (χ2n) is 3.69. The molecule has 2 aromatic carbocycles. The fourth-order valence-corrected chi connectivity index (χ4v) is 2.40. The molecule has 4 heteroatoms. The van der Waals surface area contributed by atoms with Crippen LogP contribution >= 0.6 is 34.2 Å². The van der Waals surface area contributed by atoms with Gasteiger partial charge < -0.3 is 4.74 Å². The highest BCUT2D eigenvalue weighted by Crippen LogP contribution is 2.26. The molecule has 0 aromatic heterocycles. The number of hydrogen-bond donors (Lipinski definition) is 0. The van der Waals surface area contributed by atoms with Crippen LogP contribution < -0.4 is 4.74 Å². The first-order chi connectivity index (χ1) is 8.61. The molecule has 0 spiro atoms. The third kappa shape index (κ3) is 2.84. The van der Waals surface area contributed by atoms with Gasteiger partial charge in [0.05, 0.1) is 12.1 Å². The summed E-state index contributed by atoms with van der Waals surface area (Å²) < 4.78 is 6.09. The van der Waals surface area contributed by atoms with Crippen molar-refractivity contribution in [3.63, 3.8) is 0 Å². The number of carbonyl (C=O) groups is 1. The van der Waals surface area contributed by atoms with Gasteiger partial charge in [-0.15, -0.1) is 0 Å². The van der Waals surface area contributed by atoms with E-state index in [9.17, 15) is 4.79 Å². The topological polar surface area (TPSA) is 26.3 Å². The molecular formula is C14H10ClIO2. The molecule has 0 aliphatic heterocycles. The Morgan fingerprint density at radius 1 is 1.17 bits per heavy atom. The second kappa shape index (κ2) is 5.71. The molecule has 92 valence electrons. The lowest BCUT2D eigenvalue weighted by Gasteiger charge is -2.06. The van der Waals surface area contributed by atoms with Gasteiger partial charge >= 0.3 is 0 Å². The van der Waals surface area contributed by atoms with E-state index >= 15 is 0 Å². The maximum absolute atomic E-state index is 12.2. The molecule has 2 rings (SSSR count). The van der Waals surface area contributed by atoms with Gasteiger partial charge in [-0.05, 0) is 52.9 Å². The molecule has 0 saturated heterocycles. The Morgan fingerprint density at radius 2 is 1.89 bits per heavy atom. The Balaban J connectivity index is 2.37. The minimum atomic E-state index is -0.0435. The van der Waals surface area contributed by atoms with Crippen LogP contribution in [0.25, 0.3) is 0 Å². The number of ether oxygens (including phenoxy) is 1. The molecule has 0 fully saturated rings. The van der Waals surface area contributed by atoms with Crippen molar-refractivity contribution in [3.05, 3.63) is 62.2 Å². The lowest BCUT2D eigenvalue weighted by molar-refractivity contribution is 0.103. The maximum Gasteiger partial charge on any atom is 0.193 e. The predicted molar refractivity (Wildman–Crippen MR) is 80.6 cm³/mol. The fraction of sp³-hybridized carbons (Fsp3) is 0.0714. The van der Waals surface area contributed by atoms with E-state index in [0.29, 0.717) is 21.9 Å². The van der Waals surface area contributed by atoms with E-state index in [1.807, 2.05) is 18.2 Å². The predicted octanol–water partition coefficient (Wildman–Crippen LogP) is 4.18. The van der Waals surface area contributed by atoms with Crippen LogP contribution in [0, 0.1) is 3.57 Å². The molecule has 0 saturated carbocycles. The minimum absolute atomic E-state index is 0.0435. The molecule has 0 aliphatic carbocycles. The molecule has 0 bridgehead atoms. The van der Waals surface area contributed by atoms with E-state index in [-0.39, 0.29) is 5.78 Å². The average Bonchev–Trinajstić information content (AvgIpc) is 2.37. The van der Waals surface area contributed by atoms with Gasteiger partial charge in [-0.1, -0.05) is 23.7 Å². The second-order valence-corrected chi connectivity index (χ2v) is 5.34. The van der Waals surface area contributed by atoms with Crippen molar-refractivity contribution in [1.29, 1.82) is 0 Å². The Hall–Kier alpha value is -1.07. The number of halogens is 2. The maximum atomic E-state index is 12.2. The summed E-state index contributed by atoms with van der Waals surface area (Å²) in [5, 5.41) is 0.439. The number of rotatable bonds is 3. The van der Waals surface area contributed by atoms with Gasteiger partial charge in [0.2, 0.25) is 0 Å². The van der Waals surface area contributed by atoms with Gasteiger partial charge in [0.25, 0.3) is 0 Å². The van der Waals surface area contributed by atoms with Crippen molar-refractivity contribution in [2.45, 2.75) is 0 Å². The summed E-state index contributed by atoms with van der Waals surface area (Å²) in [6.45, 7) is 0. The minimum Gasteiger partial charge on any atom is -0.495 e. The summed E-state index contributed by atoms with van der Waals surface area (Å²) >= 11 is 8.19. The lowest BCUT2D eigenvalue weighted by Crippen LogP contribution is -2.01. The number of benzene rings is 2. The summed E-state index contributed by atoms with van der Waals surface area (Å²) in [5.41, 5.74) is 1.21. The zero-order valence-electron chi connectivity index (χ0n) is 9.61. The van der Waals surface area contributed by atoms with Crippen LogP contribution in [0.5, 0.6) is 5.75 Å². The third-order valence-electron chi connectivity index (χ3n) is 2.50. The Morgan fingerprint density at radius 3 is 2.50 bits per heavy atom. The van der Waals surface area contributed by atoms with Crippen molar-refractivity contribution in [2.24, 2.45) is 0 Å². The number of ketones is 1. The van der Waals surface area contributed by atoms with E-state index in [2.05, 4.69) is 22.6 Å². The van der Waals surface area contributed by atoms with Crippen LogP contribution in [-0.2, 0) is 0 Å². The van der Waals surface area contributed by atoms with Crippen LogP contribution in [0.3, 0.4) is 0 Å². The Kier molecular flexibility index (Phi) is 4.24. The van der Waals surface area contributed by atoms with Crippen LogP contribution in [0.4, 0.5) is 0 Å². The van der Waals surface area contributed by atoms with Crippen molar-refractivity contribution in [2.75, 3.05) is 7.11 Å². The smallest absolute Gasteiger partial charge is 0.193 e. The van der Waals surface area contributed by atoms with E-state index in [4.69, 9.17) is 16.3 Å². The monoisotopic (exact) mass is 372 g/mol. The van der Waals surface area contributed by atoms with E-state index in [1.54, 1.807) is 31.4 Å². The molecule has 2 aromatic rings. The molecule has 18 heavy (non-hydrogen) atoms. The van der Waals surface area contributed by atoms with Crippen LogP contribution in [0.1, 0.15) is 15.9 Å². The number of hydrogen-bond acceptors (Lipinski definition) is 2. The molecule has 0 unspecified atom stereocenters. The van der Waals surface area contributed by atoms with Gasteiger partial charge in [0.15, 0.2) is 5.78 Å². The quantitative estimate of drug-likeness (QED) is 0.597. The first-order valence-corrected chi connectivity index (χ1v) is 6.71. The summed E-state index contributed by atoms with van der Waals surface area (Å²) in [7, 11) is 1.54. The van der Waals surface area contributed by atoms with Gasteiger partial charge in [0.1, 0.15) is 5.75 Å². The van der Waals surface area contributed by atoms with Gasteiger partial charge in [-0.2, -0.15) is 0 Å². The van der Waals surface area contributed by atoms with Crippen molar-refractivity contribution in [1.82, 2.24) is 0 Å². The highest BCUT2D eigenvalue weighted by molar-refractivity contribution is 14.1. The van der Waals surface area contributed by atoms with E-state index in [1.165, 1.54) is 0 Å². The van der Waals surface area contributed by atoms with Gasteiger partial charge in [0, 0.05) is 14.7 Å². The largest absolute Gasteiger partial charge is 0.495 e. The summed E-state index contributed by atoms with van der Waals surface area (Å²) in [6.07, 6.45) is 0. The molecule has 0 atom stereocenters. The van der Waals surface area contributed by atoms with Crippen molar-refractivity contribution < 1.29 is 9.53 Å². The molecule has 2 nitrogen and oxygen atoms in total. The number of methoxy groups -OCH3 is 1. The molecular weight excluding hydrogens is 363 g/mol. The first kappa shape index (κ1) is 13.4. The first-order valence-electron chi connectivity index (χ1n) is 5.25. The zero-order valence-corrected chi connectivity index (χ0v) is 12.5. The fourth-order valence-electron chi connectivity index (χ4n) is 1.60. The normalized spacial score (nSPS) is 10.2. The average molecular weight is 373 g/mol. The van der Waals surface area contributed by atoms with Crippen molar-refractivity contribution in [3.8, 4) is 5.75 Å². The Bertz CT molecular complexity index is 596. The zero-order chi connectivity index (χ0) is 13.1. The number of carbonyl (C=O) groups excluding carboxylic acids is 1. The highest BCUT2D eigenvalue weighted by atomic mass is 127. The summed E-state index contributed by atoms with van der Waals surface area (Å²) in [4.78, 5) is 12.2. The molecule has 0 aliphatic rings.